The molecule has 1 aromatic rings. The molecule has 170 valence electrons. The van der Waals surface area contributed by atoms with Gasteiger partial charge >= 0.3 is 0 Å². The van der Waals surface area contributed by atoms with Crippen molar-refractivity contribution >= 4 is 17.3 Å². The Kier molecular flexibility index (Phi) is 5.93. The van der Waals surface area contributed by atoms with E-state index in [1.165, 1.54) is 42.6 Å². The summed E-state index contributed by atoms with van der Waals surface area (Å²) >= 11 is 0. The van der Waals surface area contributed by atoms with Crippen LogP contribution in [0.15, 0.2) is 30.1 Å². The molecule has 1 aliphatic heterocycles. The lowest BCUT2D eigenvalue weighted by molar-refractivity contribution is -0.805. The zero-order valence-corrected chi connectivity index (χ0v) is 20.4. The summed E-state index contributed by atoms with van der Waals surface area (Å²) in [6, 6.07) is 0. The van der Waals surface area contributed by atoms with Crippen molar-refractivity contribution in [2.24, 2.45) is 28.6 Å². The molecule has 0 radical (unpaired) electrons. The van der Waals surface area contributed by atoms with Gasteiger partial charge in [0.1, 0.15) is 6.33 Å². The lowest BCUT2D eigenvalue weighted by Gasteiger charge is -2.59. The Hall–Kier alpha value is -1.88. The Morgan fingerprint density at radius 3 is 2.87 bits per heavy atom. The fourth-order valence-electron chi connectivity index (χ4n) is 6.72. The predicted molar refractivity (Wildman–Crippen MR) is 129 cm³/mol. The van der Waals surface area contributed by atoms with Crippen LogP contribution in [-0.4, -0.2) is 30.2 Å². The van der Waals surface area contributed by atoms with E-state index in [1.807, 2.05) is 0 Å². The maximum absolute atomic E-state index is 6.17. The summed E-state index contributed by atoms with van der Waals surface area (Å²) in [7, 11) is 2.14. The highest BCUT2D eigenvalue weighted by Gasteiger charge is 2.53. The molecule has 2 aliphatic carbocycles. The topological polar surface area (TPSA) is 59.5 Å². The molecule has 4 rings (SSSR count). The first-order chi connectivity index (χ1) is 14.7. The van der Waals surface area contributed by atoms with Gasteiger partial charge in [0.05, 0.1) is 7.05 Å². The van der Waals surface area contributed by atoms with Crippen molar-refractivity contribution in [3.8, 4) is 0 Å². The minimum atomic E-state index is 0.407. The van der Waals surface area contributed by atoms with Gasteiger partial charge in [-0.1, -0.05) is 51.5 Å². The quantitative estimate of drug-likeness (QED) is 0.690. The Labute approximate surface area is 188 Å². The number of hydrogen-bond donors (Lipinski definition) is 2. The molecule has 5 heteroatoms. The summed E-state index contributed by atoms with van der Waals surface area (Å²) in [5, 5.41) is 0. The van der Waals surface area contributed by atoms with E-state index in [4.69, 9.17) is 5.73 Å². The summed E-state index contributed by atoms with van der Waals surface area (Å²) in [5.74, 6) is 3.88. The van der Waals surface area contributed by atoms with Crippen molar-refractivity contribution in [1.29, 1.82) is 0 Å². The molecule has 31 heavy (non-hydrogen) atoms. The second kappa shape index (κ2) is 8.23. The molecule has 0 amide bonds. The summed E-state index contributed by atoms with van der Waals surface area (Å²) in [4.78, 5) is 12.3. The normalized spacial score (nSPS) is 37.6. The number of hydrogen-bond acceptors (Lipinski definition) is 4. The first kappa shape index (κ1) is 22.3. The van der Waals surface area contributed by atoms with Crippen LogP contribution in [0.1, 0.15) is 66.7 Å². The molecule has 1 fully saturated rings. The van der Waals surface area contributed by atoms with E-state index in [1.54, 1.807) is 6.33 Å². The number of quaternary nitrogens is 1. The largest absolute Gasteiger partial charge is 0.382 e. The Bertz CT molecular complexity index is 877. The Balaban J connectivity index is 1.44. The van der Waals surface area contributed by atoms with E-state index in [2.05, 4.69) is 74.8 Å². The number of nitrogens with one attached hydrogen (secondary N) is 1. The second-order valence-electron chi connectivity index (χ2n) is 11.1. The molecule has 5 nitrogen and oxygen atoms in total. The molecule has 0 saturated heterocycles. The number of allylic oxidation sites excluding steroid dienone is 3. The third-order valence-corrected chi connectivity index (χ3v) is 9.39. The summed E-state index contributed by atoms with van der Waals surface area (Å²) in [6.07, 6.45) is 15.4. The van der Waals surface area contributed by atoms with Gasteiger partial charge in [-0.25, -0.2) is 4.98 Å². The fourth-order valence-corrected chi connectivity index (χ4v) is 6.72. The van der Waals surface area contributed by atoms with Gasteiger partial charge in [0.2, 0.25) is 0 Å². The number of nitrogens with zero attached hydrogens (tertiary/aromatic N) is 3. The van der Waals surface area contributed by atoms with Crippen LogP contribution >= 0.6 is 0 Å². The smallest absolute Gasteiger partial charge is 0.256 e. The number of nitrogen functional groups attached to an aromatic ring is 1. The van der Waals surface area contributed by atoms with E-state index in [9.17, 15) is 0 Å². The van der Waals surface area contributed by atoms with Gasteiger partial charge in [0.25, 0.3) is 5.82 Å². The highest BCUT2D eigenvalue weighted by atomic mass is 15.4. The molecule has 1 aromatic heterocycles. The van der Waals surface area contributed by atoms with Gasteiger partial charge in [-0.15, -0.1) is 0 Å². The third-order valence-electron chi connectivity index (χ3n) is 9.39. The summed E-state index contributed by atoms with van der Waals surface area (Å²) < 4.78 is 0. The van der Waals surface area contributed by atoms with Crippen LogP contribution in [0.2, 0.25) is 0 Å². The zero-order valence-electron chi connectivity index (χ0n) is 20.4. The van der Waals surface area contributed by atoms with E-state index < -0.39 is 0 Å². The van der Waals surface area contributed by atoms with Crippen LogP contribution in [0.4, 0.5) is 17.3 Å². The first-order valence-electron chi connectivity index (χ1n) is 12.2. The third kappa shape index (κ3) is 3.79. The minimum absolute atomic E-state index is 0.407. The van der Waals surface area contributed by atoms with Crippen LogP contribution < -0.4 is 15.5 Å². The van der Waals surface area contributed by atoms with Crippen molar-refractivity contribution < 1.29 is 4.90 Å². The summed E-state index contributed by atoms with van der Waals surface area (Å²) in [5.41, 5.74) is 9.53. The van der Waals surface area contributed by atoms with Crippen molar-refractivity contribution in [1.82, 2.24) is 9.97 Å². The van der Waals surface area contributed by atoms with Crippen molar-refractivity contribution in [2.45, 2.75) is 66.7 Å². The minimum Gasteiger partial charge on any atom is -0.382 e. The average molecular weight is 425 g/mol. The molecule has 0 aromatic carbocycles. The average Bonchev–Trinajstić information content (AvgIpc) is 3.07. The molecule has 3 aliphatic rings. The number of fused-ring (bicyclic) bond motifs is 2. The number of nitrogens with two attached hydrogens (primary N) is 1. The van der Waals surface area contributed by atoms with Gasteiger partial charge in [0.15, 0.2) is 18.2 Å². The molecule has 0 spiro atoms. The number of rotatable bonds is 5. The maximum Gasteiger partial charge on any atom is 0.256 e. The summed E-state index contributed by atoms with van der Waals surface area (Å²) in [6.45, 7) is 14.2. The fraction of sp³-hybridized carbons (Fsp3) is 0.692. The van der Waals surface area contributed by atoms with Gasteiger partial charge < -0.3 is 10.6 Å². The molecule has 6 unspecified atom stereocenters. The molecule has 6 atom stereocenters. The van der Waals surface area contributed by atoms with Gasteiger partial charge in [0, 0.05) is 6.54 Å². The van der Waals surface area contributed by atoms with Crippen LogP contribution in [0.5, 0.6) is 0 Å². The predicted octanol–water partition coefficient (Wildman–Crippen LogP) is 4.36. The standard InChI is InChI=1S/C26H41N5/c1-18(12-15-31-17-30(6)24-22(31)23(27)28-16-29-24)10-13-25(4)20(3)11-14-26(5)19(2)8-7-9-21(25)26/h7-8,12,16,19-21H,9-11,13-15,17H2,1-6H3,(H2,27,28,29)/p+1. The maximum atomic E-state index is 6.17. The van der Waals surface area contributed by atoms with E-state index >= 15 is 0 Å². The monoisotopic (exact) mass is 424 g/mol. The zero-order chi connectivity index (χ0) is 22.4. The van der Waals surface area contributed by atoms with Gasteiger partial charge in [-0.3, -0.25) is 4.90 Å². The van der Waals surface area contributed by atoms with Crippen LogP contribution in [0.25, 0.3) is 0 Å². The lowest BCUT2D eigenvalue weighted by atomic mass is 9.46. The van der Waals surface area contributed by atoms with Crippen LogP contribution in [0, 0.1) is 28.6 Å². The number of anilines is 2. The second-order valence-corrected chi connectivity index (χ2v) is 11.1. The van der Waals surface area contributed by atoms with Gasteiger partial charge in [-0.2, -0.15) is 4.98 Å². The highest BCUT2D eigenvalue weighted by molar-refractivity contribution is 5.73. The molecular formula is C26H42N5+. The molecule has 0 bridgehead atoms. The molecular weight excluding hydrogens is 382 g/mol. The molecule has 1 saturated carbocycles. The van der Waals surface area contributed by atoms with Crippen molar-refractivity contribution in [2.75, 3.05) is 30.9 Å². The SMILES string of the molecule is CC(=CCN1C[NH+](C)c2ncnc(N)c21)CCC1(C)C(C)CCC2(C)C(C)C=CCC21. The van der Waals surface area contributed by atoms with Crippen molar-refractivity contribution in [3.63, 3.8) is 0 Å². The van der Waals surface area contributed by atoms with E-state index in [-0.39, 0.29) is 0 Å². The van der Waals surface area contributed by atoms with E-state index in [0.29, 0.717) is 22.6 Å². The van der Waals surface area contributed by atoms with E-state index in [0.717, 1.165) is 36.6 Å². The van der Waals surface area contributed by atoms with Crippen molar-refractivity contribution in [3.05, 3.63) is 30.1 Å². The first-order valence-corrected chi connectivity index (χ1v) is 12.2. The molecule has 2 heterocycles. The van der Waals surface area contributed by atoms with Gasteiger partial charge in [-0.05, 0) is 67.6 Å². The lowest BCUT2D eigenvalue weighted by Crippen LogP contribution is -3.03. The Morgan fingerprint density at radius 2 is 2.10 bits per heavy atom. The highest BCUT2D eigenvalue weighted by Crippen LogP contribution is 2.61. The van der Waals surface area contributed by atoms with Crippen LogP contribution in [-0.2, 0) is 0 Å². The Morgan fingerprint density at radius 1 is 1.32 bits per heavy atom. The molecule has 3 N–H and O–H groups in total. The van der Waals surface area contributed by atoms with Crippen LogP contribution in [0.3, 0.4) is 0 Å². The number of aromatic nitrogens is 2.